The summed E-state index contributed by atoms with van der Waals surface area (Å²) in [5, 5.41) is 11.7. The highest BCUT2D eigenvalue weighted by molar-refractivity contribution is 6.03. The van der Waals surface area contributed by atoms with Crippen molar-refractivity contribution in [1.29, 1.82) is 0 Å². The number of amides is 1. The minimum atomic E-state index is -0.128. The van der Waals surface area contributed by atoms with E-state index < -0.39 is 0 Å². The van der Waals surface area contributed by atoms with E-state index >= 15 is 0 Å². The maximum absolute atomic E-state index is 12.5. The van der Waals surface area contributed by atoms with E-state index in [2.05, 4.69) is 30.4 Å². The lowest BCUT2D eigenvalue weighted by molar-refractivity contribution is 0.0948. The summed E-state index contributed by atoms with van der Waals surface area (Å²) in [6, 6.07) is 9.74. The van der Waals surface area contributed by atoms with E-state index in [1.165, 1.54) is 0 Å². The van der Waals surface area contributed by atoms with Crippen molar-refractivity contribution in [3.05, 3.63) is 42.2 Å². The molecule has 28 heavy (non-hydrogen) atoms. The molecule has 4 aromatic rings. The van der Waals surface area contributed by atoms with Crippen LogP contribution in [0, 0.1) is 0 Å². The van der Waals surface area contributed by atoms with Gasteiger partial charge in [-0.05, 0) is 62.5 Å². The number of aromatic amines is 2. The summed E-state index contributed by atoms with van der Waals surface area (Å²) in [6.45, 7) is 1.56. The van der Waals surface area contributed by atoms with Gasteiger partial charge in [0.25, 0.3) is 5.91 Å². The number of nitrogen functional groups attached to an aromatic ring is 1. The Morgan fingerprint density at radius 2 is 2.07 bits per heavy atom. The second kappa shape index (κ2) is 7.32. The molecule has 5 N–H and O–H groups in total. The minimum absolute atomic E-state index is 0.128. The van der Waals surface area contributed by atoms with E-state index in [1.807, 2.05) is 44.4 Å². The maximum atomic E-state index is 12.5. The number of anilines is 1. The molecule has 0 fully saturated rings. The Morgan fingerprint density at radius 1 is 1.21 bits per heavy atom. The summed E-state index contributed by atoms with van der Waals surface area (Å²) in [4.78, 5) is 22.1. The molecule has 144 valence electrons. The zero-order valence-corrected chi connectivity index (χ0v) is 15.9. The van der Waals surface area contributed by atoms with Crippen molar-refractivity contribution in [2.75, 3.05) is 32.9 Å². The molecule has 1 amide bonds. The van der Waals surface area contributed by atoms with E-state index in [0.717, 1.165) is 40.4 Å². The molecule has 0 aliphatic heterocycles. The molecule has 0 unspecified atom stereocenters. The van der Waals surface area contributed by atoms with E-state index in [1.54, 1.807) is 6.20 Å². The van der Waals surface area contributed by atoms with Crippen LogP contribution in [0.25, 0.3) is 33.1 Å². The predicted molar refractivity (Wildman–Crippen MR) is 111 cm³/mol. The number of aromatic nitrogens is 4. The fourth-order valence-electron chi connectivity index (χ4n) is 3.30. The van der Waals surface area contributed by atoms with Gasteiger partial charge in [-0.3, -0.25) is 9.89 Å². The Balaban J connectivity index is 1.63. The van der Waals surface area contributed by atoms with Crippen LogP contribution in [0.1, 0.15) is 16.9 Å². The van der Waals surface area contributed by atoms with E-state index in [-0.39, 0.29) is 5.91 Å². The van der Waals surface area contributed by atoms with Crippen molar-refractivity contribution in [3.63, 3.8) is 0 Å². The molecule has 0 aliphatic carbocycles. The fourth-order valence-corrected chi connectivity index (χ4v) is 3.30. The van der Waals surface area contributed by atoms with Crippen molar-refractivity contribution >= 4 is 33.7 Å². The first-order valence-corrected chi connectivity index (χ1v) is 9.17. The highest BCUT2D eigenvalue weighted by Crippen LogP contribution is 2.31. The minimum Gasteiger partial charge on any atom is -0.382 e. The lowest BCUT2D eigenvalue weighted by Crippen LogP contribution is -2.27. The molecule has 0 saturated heterocycles. The van der Waals surface area contributed by atoms with E-state index in [4.69, 9.17) is 5.73 Å². The van der Waals surface area contributed by atoms with Crippen LogP contribution in [-0.2, 0) is 0 Å². The van der Waals surface area contributed by atoms with Crippen molar-refractivity contribution in [3.8, 4) is 11.1 Å². The third kappa shape index (κ3) is 3.41. The third-order valence-corrected chi connectivity index (χ3v) is 4.75. The van der Waals surface area contributed by atoms with Gasteiger partial charge in [-0.25, -0.2) is 4.98 Å². The molecule has 0 atom stereocenters. The van der Waals surface area contributed by atoms with Crippen LogP contribution in [0.4, 0.5) is 5.82 Å². The van der Waals surface area contributed by atoms with Crippen molar-refractivity contribution < 1.29 is 4.79 Å². The van der Waals surface area contributed by atoms with Gasteiger partial charge in [0.05, 0.1) is 5.52 Å². The highest BCUT2D eigenvalue weighted by Gasteiger charge is 2.14. The highest BCUT2D eigenvalue weighted by atomic mass is 16.1. The number of pyridine rings is 1. The van der Waals surface area contributed by atoms with Crippen LogP contribution in [0.2, 0.25) is 0 Å². The summed E-state index contributed by atoms with van der Waals surface area (Å²) in [6.07, 6.45) is 2.63. The topological polar surface area (TPSA) is 116 Å². The first-order valence-electron chi connectivity index (χ1n) is 9.17. The van der Waals surface area contributed by atoms with E-state index in [9.17, 15) is 4.79 Å². The summed E-state index contributed by atoms with van der Waals surface area (Å²) < 4.78 is 0. The molecule has 1 aromatic carbocycles. The number of hydrogen-bond donors (Lipinski definition) is 4. The summed E-state index contributed by atoms with van der Waals surface area (Å²) in [5.41, 5.74) is 9.98. The van der Waals surface area contributed by atoms with Crippen molar-refractivity contribution in [1.82, 2.24) is 30.4 Å². The van der Waals surface area contributed by atoms with Crippen LogP contribution >= 0.6 is 0 Å². The number of nitrogens with one attached hydrogen (secondary N) is 3. The molecule has 0 bridgehead atoms. The van der Waals surface area contributed by atoms with Gasteiger partial charge in [-0.1, -0.05) is 6.07 Å². The average Bonchev–Trinajstić information content (AvgIpc) is 3.28. The van der Waals surface area contributed by atoms with Gasteiger partial charge in [0.1, 0.15) is 11.3 Å². The van der Waals surface area contributed by atoms with Gasteiger partial charge in [-0.15, -0.1) is 0 Å². The summed E-state index contributed by atoms with van der Waals surface area (Å²) >= 11 is 0. The van der Waals surface area contributed by atoms with Gasteiger partial charge >= 0.3 is 0 Å². The molecule has 8 heteroatoms. The first-order chi connectivity index (χ1) is 13.5. The number of carbonyl (C=O) groups excluding carboxylic acids is 1. The lowest BCUT2D eigenvalue weighted by Gasteiger charge is -2.09. The Labute approximate surface area is 162 Å². The van der Waals surface area contributed by atoms with Gasteiger partial charge in [-0.2, -0.15) is 5.10 Å². The molecular formula is C20H23N7O. The number of rotatable bonds is 6. The first kappa shape index (κ1) is 18.0. The van der Waals surface area contributed by atoms with Crippen LogP contribution in [0.3, 0.4) is 0 Å². The Bertz CT molecular complexity index is 1140. The van der Waals surface area contributed by atoms with Gasteiger partial charge in [0.2, 0.25) is 0 Å². The van der Waals surface area contributed by atoms with Crippen LogP contribution in [0.5, 0.6) is 0 Å². The molecule has 0 aliphatic rings. The third-order valence-electron chi connectivity index (χ3n) is 4.75. The van der Waals surface area contributed by atoms with Gasteiger partial charge in [0.15, 0.2) is 5.82 Å². The second-order valence-corrected chi connectivity index (χ2v) is 7.09. The van der Waals surface area contributed by atoms with Gasteiger partial charge < -0.3 is 20.9 Å². The molecule has 0 spiro atoms. The molecule has 4 rings (SSSR count). The summed E-state index contributed by atoms with van der Waals surface area (Å²) in [5.74, 6) is 0.339. The number of H-pyrrole nitrogens is 2. The van der Waals surface area contributed by atoms with Crippen LogP contribution < -0.4 is 11.1 Å². The monoisotopic (exact) mass is 377 g/mol. The molecule has 0 radical (unpaired) electrons. The van der Waals surface area contributed by atoms with Crippen molar-refractivity contribution in [2.45, 2.75) is 6.42 Å². The van der Waals surface area contributed by atoms with Crippen molar-refractivity contribution in [2.24, 2.45) is 0 Å². The van der Waals surface area contributed by atoms with Crippen LogP contribution in [0.15, 0.2) is 36.5 Å². The standard InChI is InChI=1S/C20H23N7O/c1-27(2)9-3-7-23-20(28)17-11-14-13(6-8-22-19(14)24-17)12-4-5-16-15(10-12)18(21)26-25-16/h4-6,8,10-11H,3,7,9H2,1-2H3,(H,22,24)(H,23,28)(H3,21,25,26). The van der Waals surface area contributed by atoms with Crippen LogP contribution in [-0.4, -0.2) is 58.2 Å². The fraction of sp³-hybridized carbons (Fsp3) is 0.250. The zero-order valence-electron chi connectivity index (χ0n) is 15.9. The number of nitrogens with zero attached hydrogens (tertiary/aromatic N) is 3. The number of carbonyl (C=O) groups is 1. The second-order valence-electron chi connectivity index (χ2n) is 7.09. The molecule has 3 heterocycles. The molecule has 0 saturated carbocycles. The smallest absolute Gasteiger partial charge is 0.267 e. The Morgan fingerprint density at radius 3 is 2.89 bits per heavy atom. The normalized spacial score (nSPS) is 11.5. The Hall–Kier alpha value is -3.39. The lowest BCUT2D eigenvalue weighted by atomic mass is 10.0. The average molecular weight is 377 g/mol. The quantitative estimate of drug-likeness (QED) is 0.385. The predicted octanol–water partition coefficient (Wildman–Crippen LogP) is 2.37. The number of fused-ring (bicyclic) bond motifs is 2. The molecule has 8 nitrogen and oxygen atoms in total. The van der Waals surface area contributed by atoms with Gasteiger partial charge in [0, 0.05) is 23.5 Å². The number of nitrogens with two attached hydrogens (primary N) is 1. The maximum Gasteiger partial charge on any atom is 0.267 e. The van der Waals surface area contributed by atoms with E-state index in [0.29, 0.717) is 23.7 Å². The number of hydrogen-bond acceptors (Lipinski definition) is 5. The number of benzene rings is 1. The molecule has 3 aromatic heterocycles. The summed E-state index contributed by atoms with van der Waals surface area (Å²) in [7, 11) is 4.03. The largest absolute Gasteiger partial charge is 0.382 e. The molecular weight excluding hydrogens is 354 g/mol. The SMILES string of the molecule is CN(C)CCCNC(=O)c1cc2c(-c3ccc4[nH]nc(N)c4c3)ccnc2[nH]1. The zero-order chi connectivity index (χ0) is 19.7. The Kier molecular flexibility index (Phi) is 4.70.